The summed E-state index contributed by atoms with van der Waals surface area (Å²) in [6.07, 6.45) is 6.35. The topological polar surface area (TPSA) is 119 Å². The Balaban J connectivity index is 1.50. The number of hydrogen-bond acceptors (Lipinski definition) is 6. The lowest BCUT2D eigenvalue weighted by molar-refractivity contribution is 0.0695. The first-order valence-electron chi connectivity index (χ1n) is 8.82. The zero-order valence-electron chi connectivity index (χ0n) is 15.4. The lowest BCUT2D eigenvalue weighted by Crippen LogP contribution is -2.29. The molecule has 3 aromatic heterocycles. The minimum Gasteiger partial charge on any atom is -0.478 e. The van der Waals surface area contributed by atoms with Crippen LogP contribution in [0.1, 0.15) is 33.7 Å². The Morgan fingerprint density at radius 1 is 1.11 bits per heavy atom. The van der Waals surface area contributed by atoms with Crippen LogP contribution in [0.4, 0.5) is 0 Å². The molecule has 28 heavy (non-hydrogen) atoms. The monoisotopic (exact) mass is 381 g/mol. The third-order valence-electron chi connectivity index (χ3n) is 4.93. The van der Waals surface area contributed by atoms with Crippen LogP contribution < -0.4 is 0 Å². The molecule has 10 nitrogen and oxygen atoms in total. The third kappa shape index (κ3) is 3.24. The van der Waals surface area contributed by atoms with Crippen molar-refractivity contribution in [2.75, 3.05) is 13.1 Å². The molecular weight excluding hydrogens is 362 g/mol. The van der Waals surface area contributed by atoms with Gasteiger partial charge in [-0.05, 0) is 18.1 Å². The highest BCUT2D eigenvalue weighted by molar-refractivity contribution is 5.94. The smallest absolute Gasteiger partial charge is 0.337 e. The van der Waals surface area contributed by atoms with E-state index in [1.807, 2.05) is 0 Å². The Morgan fingerprint density at radius 3 is 2.57 bits per heavy atom. The molecule has 10 heteroatoms. The Hall–Kier alpha value is -3.56. The average Bonchev–Trinajstić information content (AvgIpc) is 3.40. The van der Waals surface area contributed by atoms with E-state index in [0.717, 1.165) is 0 Å². The molecule has 144 valence electrons. The molecule has 4 rings (SSSR count). The maximum absolute atomic E-state index is 12.7. The van der Waals surface area contributed by atoms with E-state index in [2.05, 4.69) is 27.3 Å². The normalized spacial score (nSPS) is 19.1. The van der Waals surface area contributed by atoms with Gasteiger partial charge in [-0.3, -0.25) is 14.5 Å². The first-order valence-corrected chi connectivity index (χ1v) is 8.82. The van der Waals surface area contributed by atoms with Gasteiger partial charge in [-0.25, -0.2) is 9.48 Å². The number of hydrogen-bond donors (Lipinski definition) is 1. The van der Waals surface area contributed by atoms with Crippen molar-refractivity contribution >= 4 is 11.9 Å². The van der Waals surface area contributed by atoms with E-state index >= 15 is 0 Å². The highest BCUT2D eigenvalue weighted by Gasteiger charge is 2.35. The Morgan fingerprint density at radius 2 is 1.93 bits per heavy atom. The van der Waals surface area contributed by atoms with E-state index in [1.54, 1.807) is 46.0 Å². The van der Waals surface area contributed by atoms with Gasteiger partial charge in [-0.2, -0.15) is 5.10 Å². The molecule has 0 radical (unpaired) electrons. The fraction of sp³-hybridized carbons (Fsp3) is 0.333. The molecule has 2 atom stereocenters. The molecule has 3 aromatic rings. The predicted molar refractivity (Wildman–Crippen MR) is 97.5 cm³/mol. The van der Waals surface area contributed by atoms with Gasteiger partial charge in [0.1, 0.15) is 5.69 Å². The van der Waals surface area contributed by atoms with Crippen LogP contribution >= 0.6 is 0 Å². The molecule has 1 N–H and O–H groups in total. The van der Waals surface area contributed by atoms with Gasteiger partial charge in [0.25, 0.3) is 5.91 Å². The lowest BCUT2D eigenvalue weighted by atomic mass is 10.1. The van der Waals surface area contributed by atoms with E-state index in [0.29, 0.717) is 30.0 Å². The van der Waals surface area contributed by atoms with Gasteiger partial charge in [0.2, 0.25) is 0 Å². The van der Waals surface area contributed by atoms with Crippen molar-refractivity contribution in [3.63, 3.8) is 0 Å². The van der Waals surface area contributed by atoms with Crippen LogP contribution in [0.3, 0.4) is 0 Å². The summed E-state index contributed by atoms with van der Waals surface area (Å²) in [6.45, 7) is 3.23. The van der Waals surface area contributed by atoms with Gasteiger partial charge in [0.15, 0.2) is 0 Å². The van der Waals surface area contributed by atoms with Crippen LogP contribution in [0, 0.1) is 5.92 Å². The van der Waals surface area contributed by atoms with E-state index in [9.17, 15) is 9.59 Å². The standard InChI is InChI=1S/C18H19N7O3/c1-11-7-24(17(26)13-6-20-23(2)8-13)10-16(11)25-9-15(21-22-25)14-4-3-12(5-19-14)18(27)28/h3-6,8-9,11,16H,7,10H2,1-2H3,(H,27,28)/t11-,16-/m1/s1. The van der Waals surface area contributed by atoms with E-state index in [-0.39, 0.29) is 23.4 Å². The summed E-state index contributed by atoms with van der Waals surface area (Å²) in [6, 6.07) is 3.09. The number of carbonyl (C=O) groups is 2. The van der Waals surface area contributed by atoms with Crippen molar-refractivity contribution < 1.29 is 14.7 Å². The maximum atomic E-state index is 12.7. The van der Waals surface area contributed by atoms with Gasteiger partial charge in [0, 0.05) is 32.5 Å². The molecule has 1 amide bonds. The second-order valence-corrected chi connectivity index (χ2v) is 6.98. The van der Waals surface area contributed by atoms with Crippen LogP contribution in [0.25, 0.3) is 11.4 Å². The van der Waals surface area contributed by atoms with Gasteiger partial charge in [-0.1, -0.05) is 12.1 Å². The first kappa shape index (κ1) is 17.8. The van der Waals surface area contributed by atoms with Crippen LogP contribution in [0.5, 0.6) is 0 Å². The van der Waals surface area contributed by atoms with Crippen LogP contribution in [-0.4, -0.2) is 64.7 Å². The minimum absolute atomic E-state index is 0.000152. The molecule has 0 spiro atoms. The van der Waals surface area contributed by atoms with Gasteiger partial charge < -0.3 is 10.0 Å². The van der Waals surface area contributed by atoms with E-state index < -0.39 is 5.97 Å². The van der Waals surface area contributed by atoms with Crippen molar-refractivity contribution in [1.29, 1.82) is 0 Å². The lowest BCUT2D eigenvalue weighted by Gasteiger charge is -2.15. The van der Waals surface area contributed by atoms with E-state index in [1.165, 1.54) is 12.3 Å². The van der Waals surface area contributed by atoms with Crippen molar-refractivity contribution in [3.05, 3.63) is 48.0 Å². The fourth-order valence-electron chi connectivity index (χ4n) is 3.40. The highest BCUT2D eigenvalue weighted by Crippen LogP contribution is 2.29. The summed E-state index contributed by atoms with van der Waals surface area (Å²) < 4.78 is 3.36. The molecule has 0 aromatic carbocycles. The SMILES string of the molecule is C[C@@H]1CN(C(=O)c2cnn(C)c2)C[C@H]1n1cc(-c2ccc(C(=O)O)cn2)nn1. The molecule has 0 bridgehead atoms. The second-order valence-electron chi connectivity index (χ2n) is 6.98. The number of amides is 1. The number of nitrogens with zero attached hydrogens (tertiary/aromatic N) is 7. The third-order valence-corrected chi connectivity index (χ3v) is 4.93. The predicted octanol–water partition coefficient (Wildman–Crippen LogP) is 1.10. The van der Waals surface area contributed by atoms with Crippen molar-refractivity contribution in [3.8, 4) is 11.4 Å². The second kappa shape index (κ2) is 6.87. The van der Waals surface area contributed by atoms with Gasteiger partial charge in [-0.15, -0.1) is 5.10 Å². The highest BCUT2D eigenvalue weighted by atomic mass is 16.4. The Kier molecular flexibility index (Phi) is 4.38. The van der Waals surface area contributed by atoms with Gasteiger partial charge >= 0.3 is 5.97 Å². The Bertz CT molecular complexity index is 1020. The van der Waals surface area contributed by atoms with Crippen LogP contribution in [0.2, 0.25) is 0 Å². The molecule has 1 aliphatic heterocycles. The van der Waals surface area contributed by atoms with Crippen molar-refractivity contribution in [1.82, 2.24) is 34.7 Å². The molecule has 1 saturated heterocycles. The molecule has 0 aliphatic carbocycles. The molecular formula is C18H19N7O3. The minimum atomic E-state index is -1.03. The molecule has 4 heterocycles. The molecule has 0 saturated carbocycles. The van der Waals surface area contributed by atoms with E-state index in [4.69, 9.17) is 5.11 Å². The summed E-state index contributed by atoms with van der Waals surface area (Å²) in [5.74, 6) is -0.868. The van der Waals surface area contributed by atoms with Crippen molar-refractivity contribution in [2.45, 2.75) is 13.0 Å². The molecule has 1 aliphatic rings. The number of likely N-dealkylation sites (tertiary alicyclic amines) is 1. The van der Waals surface area contributed by atoms with Crippen LogP contribution in [-0.2, 0) is 7.05 Å². The summed E-state index contributed by atoms with van der Waals surface area (Å²) >= 11 is 0. The molecule has 1 fully saturated rings. The number of carbonyl (C=O) groups excluding carboxylic acids is 1. The average molecular weight is 381 g/mol. The van der Waals surface area contributed by atoms with Crippen LogP contribution in [0.15, 0.2) is 36.9 Å². The summed E-state index contributed by atoms with van der Waals surface area (Å²) in [7, 11) is 1.78. The fourth-order valence-corrected chi connectivity index (χ4v) is 3.40. The number of carboxylic acid groups (broad SMARTS) is 1. The number of aromatic nitrogens is 6. The quantitative estimate of drug-likeness (QED) is 0.719. The number of aromatic carboxylic acids is 1. The molecule has 0 unspecified atom stereocenters. The summed E-state index contributed by atoms with van der Waals surface area (Å²) in [5, 5.41) is 21.4. The van der Waals surface area contributed by atoms with Gasteiger partial charge in [0.05, 0.1) is 35.3 Å². The first-order chi connectivity index (χ1) is 13.4. The summed E-state index contributed by atoms with van der Waals surface area (Å²) in [5.41, 5.74) is 1.79. The number of aryl methyl sites for hydroxylation is 1. The van der Waals surface area contributed by atoms with Crippen molar-refractivity contribution in [2.24, 2.45) is 13.0 Å². The zero-order valence-corrected chi connectivity index (χ0v) is 15.4. The number of carboxylic acids is 1. The largest absolute Gasteiger partial charge is 0.478 e. The Labute approximate surface area is 160 Å². The number of rotatable bonds is 4. The summed E-state index contributed by atoms with van der Waals surface area (Å²) in [4.78, 5) is 29.6. The zero-order chi connectivity index (χ0) is 19.8. The maximum Gasteiger partial charge on any atom is 0.337 e. The number of pyridine rings is 1.